The van der Waals surface area contributed by atoms with Gasteiger partial charge in [0, 0.05) is 11.1 Å². The molecule has 0 saturated heterocycles. The number of benzene rings is 2. The summed E-state index contributed by atoms with van der Waals surface area (Å²) in [6.45, 7) is 8.83. The van der Waals surface area contributed by atoms with E-state index in [4.69, 9.17) is 9.15 Å². The van der Waals surface area contributed by atoms with Crippen molar-refractivity contribution in [1.82, 2.24) is 15.1 Å². The maximum Gasteiger partial charge on any atom is 0.255 e. The number of carbonyl (C=O) groups excluding carboxylic acids is 1. The fraction of sp³-hybridized carbons (Fsp3) is 0.280. The Morgan fingerprint density at radius 1 is 1.16 bits per heavy atom. The predicted molar refractivity (Wildman–Crippen MR) is 121 cm³/mol. The van der Waals surface area contributed by atoms with Gasteiger partial charge >= 0.3 is 0 Å². The van der Waals surface area contributed by atoms with Crippen molar-refractivity contribution >= 4 is 16.9 Å². The van der Waals surface area contributed by atoms with E-state index in [1.165, 1.54) is 0 Å². The van der Waals surface area contributed by atoms with Crippen molar-refractivity contribution in [2.24, 2.45) is 0 Å². The Labute approximate surface area is 181 Å². The Bertz CT molecular complexity index is 1210. The van der Waals surface area contributed by atoms with E-state index in [1.807, 2.05) is 74.8 Å². The second-order valence-corrected chi connectivity index (χ2v) is 7.64. The molecule has 2 aromatic carbocycles. The third-order valence-corrected chi connectivity index (χ3v) is 5.38. The first kappa shape index (κ1) is 20.7. The number of nitrogens with zero attached hydrogens (tertiary/aromatic N) is 2. The van der Waals surface area contributed by atoms with Crippen molar-refractivity contribution in [3.63, 3.8) is 0 Å². The molecule has 0 aliphatic heterocycles. The summed E-state index contributed by atoms with van der Waals surface area (Å²) in [4.78, 5) is 13.1. The molecule has 1 amide bonds. The zero-order valence-electron chi connectivity index (χ0n) is 18.3. The summed E-state index contributed by atoms with van der Waals surface area (Å²) in [5.74, 6) is 1.23. The molecular formula is C25H27N3O3. The van der Waals surface area contributed by atoms with Crippen LogP contribution in [0.5, 0.6) is 5.75 Å². The normalized spacial score (nSPS) is 12.1. The fourth-order valence-corrected chi connectivity index (χ4v) is 3.81. The Balaban J connectivity index is 1.54. The molecule has 1 unspecified atom stereocenters. The number of para-hydroxylation sites is 1. The summed E-state index contributed by atoms with van der Waals surface area (Å²) in [7, 11) is 0. The highest BCUT2D eigenvalue weighted by Crippen LogP contribution is 2.31. The van der Waals surface area contributed by atoms with Crippen LogP contribution in [0.4, 0.5) is 0 Å². The van der Waals surface area contributed by atoms with Crippen LogP contribution in [0.3, 0.4) is 0 Å². The minimum atomic E-state index is -0.300. The molecule has 0 radical (unpaired) electrons. The molecule has 6 nitrogen and oxygen atoms in total. The number of rotatable bonds is 7. The SMILES string of the molecule is CCOc1cccc2cc(C(C)NC(=O)c3c(C)nn(Cc4ccccc4)c3C)oc12. The average Bonchev–Trinajstić information content (AvgIpc) is 3.31. The number of nitrogens with one attached hydrogen (secondary N) is 1. The third-order valence-electron chi connectivity index (χ3n) is 5.38. The molecule has 0 aliphatic carbocycles. The highest BCUT2D eigenvalue weighted by Gasteiger charge is 2.22. The van der Waals surface area contributed by atoms with E-state index >= 15 is 0 Å². The second kappa shape index (κ2) is 8.68. The van der Waals surface area contributed by atoms with Crippen LogP contribution in [0.25, 0.3) is 11.0 Å². The van der Waals surface area contributed by atoms with Crippen molar-refractivity contribution in [2.75, 3.05) is 6.61 Å². The van der Waals surface area contributed by atoms with Crippen LogP contribution in [-0.2, 0) is 6.54 Å². The molecule has 4 rings (SSSR count). The van der Waals surface area contributed by atoms with Crippen molar-refractivity contribution in [3.8, 4) is 5.75 Å². The van der Waals surface area contributed by atoms with Gasteiger partial charge in [0.2, 0.25) is 0 Å². The molecule has 1 N–H and O–H groups in total. The zero-order chi connectivity index (χ0) is 22.0. The minimum Gasteiger partial charge on any atom is -0.490 e. The number of hydrogen-bond acceptors (Lipinski definition) is 4. The van der Waals surface area contributed by atoms with E-state index in [9.17, 15) is 4.79 Å². The Kier molecular flexibility index (Phi) is 5.80. The molecular weight excluding hydrogens is 390 g/mol. The molecule has 31 heavy (non-hydrogen) atoms. The molecule has 1 atom stereocenters. The van der Waals surface area contributed by atoms with E-state index in [2.05, 4.69) is 22.5 Å². The zero-order valence-corrected chi connectivity index (χ0v) is 18.3. The van der Waals surface area contributed by atoms with E-state index in [0.29, 0.717) is 41.5 Å². The molecule has 0 spiro atoms. The van der Waals surface area contributed by atoms with Gasteiger partial charge in [-0.25, -0.2) is 0 Å². The lowest BCUT2D eigenvalue weighted by Crippen LogP contribution is -2.27. The van der Waals surface area contributed by atoms with Gasteiger partial charge in [-0.1, -0.05) is 42.5 Å². The first-order chi connectivity index (χ1) is 15.0. The lowest BCUT2D eigenvalue weighted by Gasteiger charge is -2.12. The Morgan fingerprint density at radius 2 is 1.94 bits per heavy atom. The highest BCUT2D eigenvalue weighted by molar-refractivity contribution is 5.96. The lowest BCUT2D eigenvalue weighted by molar-refractivity contribution is 0.0934. The number of ether oxygens (including phenoxy) is 1. The third kappa shape index (κ3) is 4.19. The van der Waals surface area contributed by atoms with E-state index in [1.54, 1.807) is 0 Å². The number of amides is 1. The van der Waals surface area contributed by atoms with E-state index in [0.717, 1.165) is 16.6 Å². The largest absolute Gasteiger partial charge is 0.490 e. The van der Waals surface area contributed by atoms with Gasteiger partial charge in [-0.15, -0.1) is 0 Å². The quantitative estimate of drug-likeness (QED) is 0.450. The van der Waals surface area contributed by atoms with Crippen molar-refractivity contribution < 1.29 is 13.9 Å². The van der Waals surface area contributed by atoms with Crippen LogP contribution in [0.2, 0.25) is 0 Å². The average molecular weight is 418 g/mol. The molecule has 6 heteroatoms. The number of fused-ring (bicyclic) bond motifs is 1. The van der Waals surface area contributed by atoms with E-state index < -0.39 is 0 Å². The number of hydrogen-bond donors (Lipinski definition) is 1. The second-order valence-electron chi connectivity index (χ2n) is 7.64. The van der Waals surface area contributed by atoms with Crippen LogP contribution in [0.1, 0.15) is 53.0 Å². The summed E-state index contributed by atoms with van der Waals surface area (Å²) in [5.41, 5.74) is 3.99. The number of furan rings is 1. The number of aromatic nitrogens is 2. The van der Waals surface area contributed by atoms with Gasteiger partial charge in [0.05, 0.1) is 30.5 Å². The van der Waals surface area contributed by atoms with Gasteiger partial charge in [-0.05, 0) is 45.4 Å². The molecule has 160 valence electrons. The molecule has 0 bridgehead atoms. The number of carbonyl (C=O) groups is 1. The highest BCUT2D eigenvalue weighted by atomic mass is 16.5. The van der Waals surface area contributed by atoms with Crippen molar-refractivity contribution in [3.05, 3.63) is 82.9 Å². The van der Waals surface area contributed by atoms with Gasteiger partial charge in [-0.3, -0.25) is 9.48 Å². The lowest BCUT2D eigenvalue weighted by atomic mass is 10.1. The minimum absolute atomic E-state index is 0.160. The molecule has 0 fully saturated rings. The Morgan fingerprint density at radius 3 is 2.68 bits per heavy atom. The summed E-state index contributed by atoms with van der Waals surface area (Å²) >= 11 is 0. The van der Waals surface area contributed by atoms with Gasteiger partial charge < -0.3 is 14.5 Å². The summed E-state index contributed by atoms with van der Waals surface area (Å²) in [5, 5.41) is 8.60. The molecule has 0 aliphatic rings. The molecule has 0 saturated carbocycles. The topological polar surface area (TPSA) is 69.3 Å². The first-order valence-electron chi connectivity index (χ1n) is 10.5. The van der Waals surface area contributed by atoms with Gasteiger partial charge in [-0.2, -0.15) is 5.10 Å². The van der Waals surface area contributed by atoms with Gasteiger partial charge in [0.15, 0.2) is 11.3 Å². The van der Waals surface area contributed by atoms with E-state index in [-0.39, 0.29) is 11.9 Å². The van der Waals surface area contributed by atoms with Crippen molar-refractivity contribution in [2.45, 2.75) is 40.3 Å². The summed E-state index contributed by atoms with van der Waals surface area (Å²) in [6.07, 6.45) is 0. The maximum atomic E-state index is 13.1. The van der Waals surface area contributed by atoms with Crippen LogP contribution in [-0.4, -0.2) is 22.3 Å². The van der Waals surface area contributed by atoms with Gasteiger partial charge in [0.1, 0.15) is 5.76 Å². The summed E-state index contributed by atoms with van der Waals surface area (Å²) in [6, 6.07) is 17.5. The van der Waals surface area contributed by atoms with Crippen LogP contribution >= 0.6 is 0 Å². The standard InChI is InChI=1S/C25H27N3O3/c1-5-30-21-13-9-12-20-14-22(31-24(20)21)16(2)26-25(29)23-17(3)27-28(18(23)4)15-19-10-7-6-8-11-19/h6-14,16H,5,15H2,1-4H3,(H,26,29). The van der Waals surface area contributed by atoms with Gasteiger partial charge in [0.25, 0.3) is 5.91 Å². The first-order valence-corrected chi connectivity index (χ1v) is 10.5. The molecule has 2 heterocycles. The maximum absolute atomic E-state index is 13.1. The molecule has 2 aromatic heterocycles. The Hall–Kier alpha value is -3.54. The van der Waals surface area contributed by atoms with Crippen LogP contribution in [0.15, 0.2) is 59.0 Å². The van der Waals surface area contributed by atoms with Crippen LogP contribution < -0.4 is 10.1 Å². The van der Waals surface area contributed by atoms with Crippen LogP contribution in [0, 0.1) is 13.8 Å². The smallest absolute Gasteiger partial charge is 0.255 e. The number of aryl methyl sites for hydroxylation is 1. The molecule has 4 aromatic rings. The van der Waals surface area contributed by atoms with Crippen molar-refractivity contribution in [1.29, 1.82) is 0 Å². The monoisotopic (exact) mass is 417 g/mol. The predicted octanol–water partition coefficient (Wildman–Crippen LogP) is 5.18. The fourth-order valence-electron chi connectivity index (χ4n) is 3.81. The summed E-state index contributed by atoms with van der Waals surface area (Å²) < 4.78 is 13.6.